The summed E-state index contributed by atoms with van der Waals surface area (Å²) in [5, 5.41) is 7.21. The van der Waals surface area contributed by atoms with Crippen molar-refractivity contribution in [2.75, 3.05) is 31.0 Å². The van der Waals surface area contributed by atoms with Crippen LogP contribution in [-0.4, -0.2) is 49.8 Å². The number of carbonyl (C=O) groups excluding carboxylic acids is 1. The number of hydrogen-bond donors (Lipinski definition) is 1. The van der Waals surface area contributed by atoms with Crippen molar-refractivity contribution >= 4 is 21.6 Å². The molecule has 1 N–H and O–H groups in total. The van der Waals surface area contributed by atoms with Gasteiger partial charge in [0.1, 0.15) is 5.82 Å². The molecule has 1 aliphatic heterocycles. The standard InChI is InChI=1S/C18H23N3O5S/c1-12-8-17(21(20-12)14-6-7-27(23,24)11-14)19-18(22)10-13-4-5-15(25-2)16(9-13)26-3/h4-5,8-9,14H,6-7,10-11H2,1-3H3,(H,19,22)/t14-/m1/s1. The van der Waals surface area contributed by atoms with Crippen molar-refractivity contribution in [1.82, 2.24) is 9.78 Å². The number of rotatable bonds is 6. The van der Waals surface area contributed by atoms with Crippen molar-refractivity contribution < 1.29 is 22.7 Å². The van der Waals surface area contributed by atoms with Crippen molar-refractivity contribution in [2.24, 2.45) is 0 Å². The predicted molar refractivity (Wildman–Crippen MR) is 101 cm³/mol. The van der Waals surface area contributed by atoms with Crippen LogP contribution in [0.5, 0.6) is 11.5 Å². The van der Waals surface area contributed by atoms with Crippen LogP contribution in [0.4, 0.5) is 5.82 Å². The van der Waals surface area contributed by atoms with E-state index in [4.69, 9.17) is 9.47 Å². The topological polar surface area (TPSA) is 99.5 Å². The minimum absolute atomic E-state index is 0.0483. The van der Waals surface area contributed by atoms with E-state index in [0.717, 1.165) is 11.3 Å². The lowest BCUT2D eigenvalue weighted by molar-refractivity contribution is -0.115. The molecule has 27 heavy (non-hydrogen) atoms. The summed E-state index contributed by atoms with van der Waals surface area (Å²) in [6.07, 6.45) is 0.648. The van der Waals surface area contributed by atoms with Crippen LogP contribution in [0, 0.1) is 6.92 Å². The molecule has 0 spiro atoms. The van der Waals surface area contributed by atoms with Crippen molar-refractivity contribution in [3.63, 3.8) is 0 Å². The fourth-order valence-corrected chi connectivity index (χ4v) is 4.91. The normalized spacial score (nSPS) is 18.3. The lowest BCUT2D eigenvalue weighted by Gasteiger charge is -2.14. The first-order valence-electron chi connectivity index (χ1n) is 8.58. The summed E-state index contributed by atoms with van der Waals surface area (Å²) in [5.41, 5.74) is 1.50. The monoisotopic (exact) mass is 393 g/mol. The van der Waals surface area contributed by atoms with Crippen LogP contribution in [-0.2, 0) is 21.1 Å². The SMILES string of the molecule is COc1ccc(CC(=O)Nc2cc(C)nn2[C@@H]2CCS(=O)(=O)C2)cc1OC. The zero-order valence-corrected chi connectivity index (χ0v) is 16.4. The average Bonchev–Trinajstić information content (AvgIpc) is 3.16. The second-order valence-corrected chi connectivity index (χ2v) is 8.82. The number of sulfone groups is 1. The first-order chi connectivity index (χ1) is 12.8. The maximum Gasteiger partial charge on any atom is 0.229 e. The van der Waals surface area contributed by atoms with Gasteiger partial charge in [0.2, 0.25) is 5.91 Å². The summed E-state index contributed by atoms with van der Waals surface area (Å²) < 4.78 is 35.6. The van der Waals surface area contributed by atoms with Gasteiger partial charge in [-0.3, -0.25) is 4.79 Å². The van der Waals surface area contributed by atoms with Gasteiger partial charge in [0.15, 0.2) is 21.3 Å². The number of hydrogen-bond acceptors (Lipinski definition) is 6. The Hall–Kier alpha value is -2.55. The van der Waals surface area contributed by atoms with Gasteiger partial charge in [-0.25, -0.2) is 13.1 Å². The van der Waals surface area contributed by atoms with Crippen LogP contribution >= 0.6 is 0 Å². The van der Waals surface area contributed by atoms with Crippen LogP contribution in [0.1, 0.15) is 23.7 Å². The van der Waals surface area contributed by atoms with Crippen LogP contribution in [0.2, 0.25) is 0 Å². The van der Waals surface area contributed by atoms with Crippen LogP contribution < -0.4 is 14.8 Å². The van der Waals surface area contributed by atoms with E-state index >= 15 is 0 Å². The van der Waals surface area contributed by atoms with Crippen molar-refractivity contribution in [1.29, 1.82) is 0 Å². The Morgan fingerprint density at radius 3 is 2.63 bits per heavy atom. The van der Waals surface area contributed by atoms with E-state index in [-0.39, 0.29) is 29.9 Å². The summed E-state index contributed by atoms with van der Waals surface area (Å²) in [6, 6.07) is 6.80. The number of aryl methyl sites for hydroxylation is 1. The Bertz CT molecular complexity index is 952. The van der Waals surface area contributed by atoms with E-state index in [1.807, 2.05) is 6.92 Å². The molecule has 0 aliphatic carbocycles. The highest BCUT2D eigenvalue weighted by Gasteiger charge is 2.31. The zero-order chi connectivity index (χ0) is 19.6. The predicted octanol–water partition coefficient (Wildman–Crippen LogP) is 1.75. The largest absolute Gasteiger partial charge is 0.493 e. The molecule has 0 bridgehead atoms. The molecule has 1 atom stereocenters. The number of amides is 1. The molecule has 1 fully saturated rings. The Morgan fingerprint density at radius 2 is 2.00 bits per heavy atom. The maximum atomic E-state index is 12.5. The number of nitrogens with one attached hydrogen (secondary N) is 1. The lowest BCUT2D eigenvalue weighted by Crippen LogP contribution is -2.20. The highest BCUT2D eigenvalue weighted by Crippen LogP contribution is 2.29. The first-order valence-corrected chi connectivity index (χ1v) is 10.4. The van der Waals surface area contributed by atoms with E-state index in [0.29, 0.717) is 23.7 Å². The molecule has 2 heterocycles. The number of carbonyl (C=O) groups is 1. The smallest absolute Gasteiger partial charge is 0.229 e. The fraction of sp³-hybridized carbons (Fsp3) is 0.444. The second-order valence-electron chi connectivity index (χ2n) is 6.59. The van der Waals surface area contributed by atoms with E-state index < -0.39 is 9.84 Å². The number of benzene rings is 1. The highest BCUT2D eigenvalue weighted by molar-refractivity contribution is 7.91. The van der Waals surface area contributed by atoms with Crippen LogP contribution in [0.15, 0.2) is 24.3 Å². The summed E-state index contributed by atoms with van der Waals surface area (Å²) in [7, 11) is 0.0511. The third-order valence-corrected chi connectivity index (χ3v) is 6.24. The number of nitrogens with zero attached hydrogens (tertiary/aromatic N) is 2. The van der Waals surface area contributed by atoms with E-state index in [1.54, 1.807) is 43.2 Å². The first kappa shape index (κ1) is 19.2. The summed E-state index contributed by atoms with van der Waals surface area (Å²) in [4.78, 5) is 12.5. The Kier molecular flexibility index (Phi) is 5.41. The van der Waals surface area contributed by atoms with Crippen LogP contribution in [0.3, 0.4) is 0 Å². The third-order valence-electron chi connectivity index (χ3n) is 4.49. The average molecular weight is 393 g/mol. The van der Waals surface area contributed by atoms with E-state index in [1.165, 1.54) is 0 Å². The van der Waals surface area contributed by atoms with E-state index in [2.05, 4.69) is 10.4 Å². The molecule has 1 aromatic carbocycles. The van der Waals surface area contributed by atoms with Crippen molar-refractivity contribution in [3.8, 4) is 11.5 Å². The van der Waals surface area contributed by atoms with Gasteiger partial charge in [-0.05, 0) is 31.0 Å². The van der Waals surface area contributed by atoms with E-state index in [9.17, 15) is 13.2 Å². The van der Waals surface area contributed by atoms with Gasteiger partial charge in [-0.15, -0.1) is 0 Å². The van der Waals surface area contributed by atoms with Gasteiger partial charge in [0.05, 0.1) is 43.9 Å². The molecule has 1 aliphatic rings. The van der Waals surface area contributed by atoms with Gasteiger partial charge in [-0.1, -0.05) is 6.07 Å². The third kappa shape index (κ3) is 4.41. The summed E-state index contributed by atoms with van der Waals surface area (Å²) >= 11 is 0. The van der Waals surface area contributed by atoms with Gasteiger partial charge in [0, 0.05) is 6.07 Å². The Morgan fingerprint density at radius 1 is 1.26 bits per heavy atom. The molecule has 146 valence electrons. The molecular formula is C18H23N3O5S. The summed E-state index contributed by atoms with van der Waals surface area (Å²) in [6.45, 7) is 1.81. The molecule has 2 aromatic rings. The number of anilines is 1. The number of aromatic nitrogens is 2. The number of methoxy groups -OCH3 is 2. The summed E-state index contributed by atoms with van der Waals surface area (Å²) in [5.74, 6) is 1.64. The quantitative estimate of drug-likeness (QED) is 0.803. The van der Waals surface area contributed by atoms with Gasteiger partial charge in [0.25, 0.3) is 0 Å². The molecule has 8 nitrogen and oxygen atoms in total. The van der Waals surface area contributed by atoms with Crippen molar-refractivity contribution in [3.05, 3.63) is 35.5 Å². The van der Waals surface area contributed by atoms with Gasteiger partial charge >= 0.3 is 0 Å². The zero-order valence-electron chi connectivity index (χ0n) is 15.6. The molecule has 0 radical (unpaired) electrons. The molecule has 0 unspecified atom stereocenters. The molecule has 1 aromatic heterocycles. The highest BCUT2D eigenvalue weighted by atomic mass is 32.2. The molecule has 1 saturated heterocycles. The van der Waals surface area contributed by atoms with Crippen LogP contribution in [0.25, 0.3) is 0 Å². The van der Waals surface area contributed by atoms with Crippen molar-refractivity contribution in [2.45, 2.75) is 25.8 Å². The molecule has 9 heteroatoms. The number of ether oxygens (including phenoxy) is 2. The Balaban J connectivity index is 1.73. The maximum absolute atomic E-state index is 12.5. The van der Waals surface area contributed by atoms with Gasteiger partial charge in [-0.2, -0.15) is 5.10 Å². The molecule has 1 amide bonds. The van der Waals surface area contributed by atoms with Gasteiger partial charge < -0.3 is 14.8 Å². The second kappa shape index (κ2) is 7.59. The fourth-order valence-electron chi connectivity index (χ4n) is 3.22. The Labute approximate surface area is 158 Å². The minimum atomic E-state index is -3.04. The minimum Gasteiger partial charge on any atom is -0.493 e. The lowest BCUT2D eigenvalue weighted by atomic mass is 10.1. The molecule has 0 saturated carbocycles. The molecule has 3 rings (SSSR count). The molecular weight excluding hydrogens is 370 g/mol.